The van der Waals surface area contributed by atoms with Crippen molar-refractivity contribution in [2.45, 2.75) is 56.1 Å². The van der Waals surface area contributed by atoms with E-state index in [1.807, 2.05) is 0 Å². The maximum absolute atomic E-state index is 14.3. The third-order valence-corrected chi connectivity index (χ3v) is 9.57. The Balaban J connectivity index is 1.56. The van der Waals surface area contributed by atoms with E-state index in [0.29, 0.717) is 41.0 Å². The van der Waals surface area contributed by atoms with Crippen molar-refractivity contribution in [3.05, 3.63) is 105 Å². The molecule has 2 aliphatic rings. The molecule has 0 unspecified atom stereocenters. The summed E-state index contributed by atoms with van der Waals surface area (Å²) in [6.45, 7) is 0.220. The number of carbonyl (C=O) groups is 3. The van der Waals surface area contributed by atoms with E-state index in [1.54, 1.807) is 65.6 Å². The van der Waals surface area contributed by atoms with E-state index >= 15 is 0 Å². The fraction of sp³-hybridized carbons (Fsp3) is 0.344. The Bertz CT molecular complexity index is 1700. The molecule has 9 nitrogen and oxygen atoms in total. The molecule has 1 saturated carbocycles. The van der Waals surface area contributed by atoms with Crippen molar-refractivity contribution < 1.29 is 27.9 Å². The SMILES string of the molecule is CS(=O)(=O)N[C@H]1CCCC[C@@H]1N1C(=O)c2ccccc2[C@@H](C(=O)NCCc2cccc(C(=O)O)c2)[C@@H]1c1ccc(Cl)cc1Cl. The van der Waals surface area contributed by atoms with Crippen LogP contribution in [0.3, 0.4) is 0 Å². The molecule has 0 radical (unpaired) electrons. The van der Waals surface area contributed by atoms with Gasteiger partial charge in [0.05, 0.1) is 23.8 Å². The molecule has 5 rings (SSSR count). The summed E-state index contributed by atoms with van der Waals surface area (Å²) < 4.78 is 27.5. The molecular formula is C32H33Cl2N3O6S. The van der Waals surface area contributed by atoms with Gasteiger partial charge in [-0.3, -0.25) is 9.59 Å². The molecule has 1 heterocycles. The number of rotatable bonds is 9. The first kappa shape index (κ1) is 32.0. The maximum Gasteiger partial charge on any atom is 0.335 e. The fourth-order valence-electron chi connectivity index (χ4n) is 6.43. The second-order valence-corrected chi connectivity index (χ2v) is 13.9. The molecule has 0 saturated heterocycles. The van der Waals surface area contributed by atoms with Gasteiger partial charge in [0.25, 0.3) is 5.91 Å². The number of aromatic carboxylic acids is 1. The van der Waals surface area contributed by atoms with E-state index < -0.39 is 40.0 Å². The van der Waals surface area contributed by atoms with E-state index in [-0.39, 0.29) is 28.9 Å². The summed E-state index contributed by atoms with van der Waals surface area (Å²) in [5.41, 5.74) is 2.34. The van der Waals surface area contributed by atoms with Gasteiger partial charge in [-0.25, -0.2) is 17.9 Å². The van der Waals surface area contributed by atoms with E-state index in [2.05, 4.69) is 10.0 Å². The van der Waals surface area contributed by atoms with Gasteiger partial charge in [0.1, 0.15) is 0 Å². The molecule has 4 atom stereocenters. The summed E-state index contributed by atoms with van der Waals surface area (Å²) in [7, 11) is -3.59. The van der Waals surface area contributed by atoms with Crippen LogP contribution in [0, 0.1) is 0 Å². The largest absolute Gasteiger partial charge is 0.478 e. The molecule has 1 aliphatic heterocycles. The van der Waals surface area contributed by atoms with Gasteiger partial charge in [0, 0.05) is 34.2 Å². The minimum absolute atomic E-state index is 0.159. The first-order chi connectivity index (χ1) is 20.9. The minimum atomic E-state index is -3.59. The van der Waals surface area contributed by atoms with Crippen molar-refractivity contribution in [2.24, 2.45) is 0 Å². The van der Waals surface area contributed by atoms with Crippen molar-refractivity contribution >= 4 is 51.0 Å². The number of hydrogen-bond acceptors (Lipinski definition) is 5. The Morgan fingerprint density at radius 1 is 0.977 bits per heavy atom. The summed E-state index contributed by atoms with van der Waals surface area (Å²) in [6, 6.07) is 16.5. The predicted molar refractivity (Wildman–Crippen MR) is 169 cm³/mol. The number of carboxylic acid groups (broad SMARTS) is 1. The number of carbonyl (C=O) groups excluding carboxylic acids is 2. The van der Waals surface area contributed by atoms with Crippen molar-refractivity contribution in [2.75, 3.05) is 12.8 Å². The summed E-state index contributed by atoms with van der Waals surface area (Å²) in [5, 5.41) is 13.0. The van der Waals surface area contributed by atoms with E-state index in [0.717, 1.165) is 24.7 Å². The molecule has 0 bridgehead atoms. The van der Waals surface area contributed by atoms with Crippen LogP contribution < -0.4 is 10.0 Å². The van der Waals surface area contributed by atoms with Gasteiger partial charge in [-0.05, 0) is 66.3 Å². The van der Waals surface area contributed by atoms with Gasteiger partial charge in [0.15, 0.2) is 0 Å². The van der Waals surface area contributed by atoms with Crippen LogP contribution in [0.2, 0.25) is 10.0 Å². The number of nitrogens with zero attached hydrogens (tertiary/aromatic N) is 1. The second-order valence-electron chi connectivity index (χ2n) is 11.3. The quantitative estimate of drug-likeness (QED) is 0.290. The molecule has 1 fully saturated rings. The van der Waals surface area contributed by atoms with Gasteiger partial charge in [-0.2, -0.15) is 0 Å². The molecule has 2 amide bonds. The lowest BCUT2D eigenvalue weighted by atomic mass is 9.76. The number of hydrogen-bond donors (Lipinski definition) is 3. The highest BCUT2D eigenvalue weighted by atomic mass is 35.5. The Kier molecular flexibility index (Phi) is 9.65. The third kappa shape index (κ3) is 6.94. The molecule has 1 aliphatic carbocycles. The van der Waals surface area contributed by atoms with Crippen LogP contribution in [0.4, 0.5) is 0 Å². The smallest absolute Gasteiger partial charge is 0.335 e. The lowest BCUT2D eigenvalue weighted by molar-refractivity contribution is -0.124. The Morgan fingerprint density at radius 3 is 2.45 bits per heavy atom. The lowest BCUT2D eigenvalue weighted by Gasteiger charge is -2.49. The van der Waals surface area contributed by atoms with Crippen LogP contribution in [-0.2, 0) is 21.2 Å². The van der Waals surface area contributed by atoms with Crippen molar-refractivity contribution in [3.63, 3.8) is 0 Å². The van der Waals surface area contributed by atoms with Crippen molar-refractivity contribution in [1.29, 1.82) is 0 Å². The number of sulfonamides is 1. The van der Waals surface area contributed by atoms with Gasteiger partial charge in [0.2, 0.25) is 15.9 Å². The minimum Gasteiger partial charge on any atom is -0.478 e. The van der Waals surface area contributed by atoms with Crippen molar-refractivity contribution in [3.8, 4) is 0 Å². The van der Waals surface area contributed by atoms with Gasteiger partial charge in [-0.1, -0.05) is 72.4 Å². The van der Waals surface area contributed by atoms with E-state index in [1.165, 1.54) is 6.07 Å². The highest BCUT2D eigenvalue weighted by molar-refractivity contribution is 7.88. The molecule has 3 aromatic rings. The number of nitrogens with one attached hydrogen (secondary N) is 2. The Morgan fingerprint density at radius 2 is 1.73 bits per heavy atom. The molecule has 232 valence electrons. The van der Waals surface area contributed by atoms with Crippen LogP contribution >= 0.6 is 23.2 Å². The number of amides is 2. The van der Waals surface area contributed by atoms with Gasteiger partial charge >= 0.3 is 5.97 Å². The summed E-state index contributed by atoms with van der Waals surface area (Å²) in [4.78, 5) is 41.6. The topological polar surface area (TPSA) is 133 Å². The second kappa shape index (κ2) is 13.3. The first-order valence-electron chi connectivity index (χ1n) is 14.4. The van der Waals surface area contributed by atoms with Crippen LogP contribution in [0.5, 0.6) is 0 Å². The predicted octanol–water partition coefficient (Wildman–Crippen LogP) is 5.19. The number of fused-ring (bicyclic) bond motifs is 1. The zero-order valence-corrected chi connectivity index (χ0v) is 26.3. The number of carboxylic acids is 1. The van der Waals surface area contributed by atoms with E-state index in [9.17, 15) is 27.9 Å². The molecule has 0 spiro atoms. The Hall–Kier alpha value is -3.44. The fourth-order valence-corrected chi connectivity index (χ4v) is 7.77. The molecular weight excluding hydrogens is 625 g/mol. The number of benzene rings is 3. The average Bonchev–Trinajstić information content (AvgIpc) is 2.97. The van der Waals surface area contributed by atoms with Crippen LogP contribution in [0.15, 0.2) is 66.7 Å². The van der Waals surface area contributed by atoms with Crippen LogP contribution in [-0.4, -0.2) is 61.1 Å². The van der Waals surface area contributed by atoms with Crippen LogP contribution in [0.25, 0.3) is 0 Å². The third-order valence-electron chi connectivity index (χ3n) is 8.28. The van der Waals surface area contributed by atoms with Crippen molar-refractivity contribution in [1.82, 2.24) is 14.9 Å². The zero-order valence-electron chi connectivity index (χ0n) is 24.0. The molecule has 3 aromatic carbocycles. The summed E-state index contributed by atoms with van der Waals surface area (Å²) in [6.07, 6.45) is 4.14. The monoisotopic (exact) mass is 657 g/mol. The van der Waals surface area contributed by atoms with Gasteiger partial charge < -0.3 is 15.3 Å². The van der Waals surface area contributed by atoms with E-state index in [4.69, 9.17) is 23.2 Å². The number of halogens is 2. The Labute approximate surface area is 266 Å². The highest BCUT2D eigenvalue weighted by Gasteiger charge is 2.49. The lowest BCUT2D eigenvalue weighted by Crippen LogP contribution is -2.59. The molecule has 12 heteroatoms. The average molecular weight is 659 g/mol. The summed E-state index contributed by atoms with van der Waals surface area (Å²) >= 11 is 13.0. The zero-order chi connectivity index (χ0) is 31.6. The molecule has 3 N–H and O–H groups in total. The van der Waals surface area contributed by atoms with Gasteiger partial charge in [-0.15, -0.1) is 0 Å². The first-order valence-corrected chi connectivity index (χ1v) is 17.0. The molecule has 0 aromatic heterocycles. The molecule has 44 heavy (non-hydrogen) atoms. The van der Waals surface area contributed by atoms with Crippen LogP contribution in [0.1, 0.15) is 75.0 Å². The standard InChI is InChI=1S/C32H33Cl2N3O6S/c1-44(42,43)36-26-11-4-5-12-27(26)37-29(24-14-13-21(33)18-25(24)34)28(22-9-2-3-10-23(22)31(37)39)30(38)35-16-15-19-7-6-8-20(17-19)32(40)41/h2-3,6-10,13-14,17-18,26-29,36H,4-5,11-12,15-16H2,1H3,(H,35,38)(H,40,41)/t26-,27-,28+,29-/m0/s1. The summed E-state index contributed by atoms with van der Waals surface area (Å²) in [5.74, 6) is -2.57. The maximum atomic E-state index is 14.3. The normalized spacial score (nSPS) is 21.9. The highest BCUT2D eigenvalue weighted by Crippen LogP contribution is 2.47.